The molecular weight excluding hydrogens is 374 g/mol. The molecule has 1 amide bonds. The third-order valence-corrected chi connectivity index (χ3v) is 6.33. The molecule has 0 unspecified atom stereocenters. The predicted octanol–water partition coefficient (Wildman–Crippen LogP) is 2.95. The van der Waals surface area contributed by atoms with Crippen LogP contribution < -0.4 is 11.5 Å². The van der Waals surface area contributed by atoms with Crippen molar-refractivity contribution >= 4 is 21.6 Å². The number of hydrogen-bond acceptors (Lipinski definition) is 4. The number of benzene rings is 3. The van der Waals surface area contributed by atoms with Gasteiger partial charge in [-0.25, -0.2) is 12.7 Å². The maximum atomic E-state index is 12.3. The minimum Gasteiger partial charge on any atom is -0.398 e. The van der Waals surface area contributed by atoms with E-state index in [1.165, 1.54) is 26.2 Å². The van der Waals surface area contributed by atoms with Gasteiger partial charge < -0.3 is 11.5 Å². The van der Waals surface area contributed by atoms with Crippen LogP contribution in [0.5, 0.6) is 0 Å². The van der Waals surface area contributed by atoms with Crippen molar-refractivity contribution in [3.8, 4) is 22.3 Å². The molecule has 4 N–H and O–H groups in total. The Bertz CT molecular complexity index is 1120. The van der Waals surface area contributed by atoms with Gasteiger partial charge in [0.2, 0.25) is 10.0 Å². The first-order chi connectivity index (χ1) is 13.2. The van der Waals surface area contributed by atoms with Crippen molar-refractivity contribution in [1.82, 2.24) is 4.31 Å². The van der Waals surface area contributed by atoms with E-state index >= 15 is 0 Å². The molecule has 0 radical (unpaired) electrons. The summed E-state index contributed by atoms with van der Waals surface area (Å²) in [6, 6.07) is 19.5. The first-order valence-electron chi connectivity index (χ1n) is 8.53. The fraction of sp³-hybridized carbons (Fsp3) is 0.0952. The van der Waals surface area contributed by atoms with E-state index in [2.05, 4.69) is 0 Å². The van der Waals surface area contributed by atoms with Crippen LogP contribution in [0.3, 0.4) is 0 Å². The lowest BCUT2D eigenvalue weighted by atomic mass is 9.94. The topological polar surface area (TPSA) is 106 Å². The first-order valence-corrected chi connectivity index (χ1v) is 9.97. The Kier molecular flexibility index (Phi) is 5.22. The summed E-state index contributed by atoms with van der Waals surface area (Å²) in [5.74, 6) is -0.622. The molecule has 0 spiro atoms. The van der Waals surface area contributed by atoms with Crippen LogP contribution in [0.1, 0.15) is 10.4 Å². The molecule has 0 aliphatic carbocycles. The SMILES string of the molecule is CN(C)S(=O)(=O)c1ccc(-c2cc(-c3ccccc3)cc(C(N)=O)c2N)cc1. The number of carbonyl (C=O) groups excluding carboxylic acids is 1. The largest absolute Gasteiger partial charge is 0.398 e. The molecule has 0 heterocycles. The molecule has 6 nitrogen and oxygen atoms in total. The molecule has 144 valence electrons. The van der Waals surface area contributed by atoms with Gasteiger partial charge in [-0.05, 0) is 41.0 Å². The van der Waals surface area contributed by atoms with Gasteiger partial charge in [0.15, 0.2) is 0 Å². The summed E-state index contributed by atoms with van der Waals surface area (Å²) in [6.45, 7) is 0. The van der Waals surface area contributed by atoms with Gasteiger partial charge in [-0.2, -0.15) is 0 Å². The summed E-state index contributed by atoms with van der Waals surface area (Å²) in [6.07, 6.45) is 0. The van der Waals surface area contributed by atoms with Gasteiger partial charge in [0.1, 0.15) is 0 Å². The van der Waals surface area contributed by atoms with E-state index in [0.29, 0.717) is 11.1 Å². The van der Waals surface area contributed by atoms with Crippen LogP contribution in [0.2, 0.25) is 0 Å². The van der Waals surface area contributed by atoms with Crippen molar-refractivity contribution in [2.75, 3.05) is 19.8 Å². The van der Waals surface area contributed by atoms with Crippen molar-refractivity contribution in [3.63, 3.8) is 0 Å². The zero-order chi connectivity index (χ0) is 20.5. The zero-order valence-corrected chi connectivity index (χ0v) is 16.4. The number of primary amides is 1. The molecule has 3 aromatic carbocycles. The van der Waals surface area contributed by atoms with Crippen molar-refractivity contribution in [2.45, 2.75) is 4.90 Å². The quantitative estimate of drug-likeness (QED) is 0.648. The Morgan fingerprint density at radius 2 is 1.46 bits per heavy atom. The molecule has 0 aromatic heterocycles. The Labute approximate surface area is 164 Å². The summed E-state index contributed by atoms with van der Waals surface area (Å²) in [5, 5.41) is 0. The lowest BCUT2D eigenvalue weighted by molar-refractivity contribution is 0.100. The Morgan fingerprint density at radius 3 is 2.00 bits per heavy atom. The third-order valence-electron chi connectivity index (χ3n) is 4.50. The average Bonchev–Trinajstić information content (AvgIpc) is 2.68. The number of nitrogen functional groups attached to an aromatic ring is 1. The van der Waals surface area contributed by atoms with Crippen LogP contribution >= 0.6 is 0 Å². The van der Waals surface area contributed by atoms with Gasteiger partial charge in [-0.15, -0.1) is 0 Å². The summed E-state index contributed by atoms with van der Waals surface area (Å²) < 4.78 is 25.7. The monoisotopic (exact) mass is 395 g/mol. The van der Waals surface area contributed by atoms with Gasteiger partial charge in [0.05, 0.1) is 16.1 Å². The number of nitrogens with two attached hydrogens (primary N) is 2. The number of amides is 1. The second-order valence-corrected chi connectivity index (χ2v) is 8.68. The van der Waals surface area contributed by atoms with Crippen molar-refractivity contribution in [2.24, 2.45) is 5.73 Å². The molecule has 3 aromatic rings. The summed E-state index contributed by atoms with van der Waals surface area (Å²) in [4.78, 5) is 12.1. The molecule has 7 heteroatoms. The number of anilines is 1. The predicted molar refractivity (Wildman–Crippen MR) is 111 cm³/mol. The van der Waals surface area contributed by atoms with E-state index in [-0.39, 0.29) is 16.1 Å². The van der Waals surface area contributed by atoms with Crippen LogP contribution in [-0.4, -0.2) is 32.7 Å². The molecule has 0 aliphatic rings. The lowest BCUT2D eigenvalue weighted by Gasteiger charge is -2.15. The van der Waals surface area contributed by atoms with E-state index < -0.39 is 15.9 Å². The lowest BCUT2D eigenvalue weighted by Crippen LogP contribution is -2.22. The van der Waals surface area contributed by atoms with Crippen LogP contribution in [0.15, 0.2) is 71.6 Å². The van der Waals surface area contributed by atoms with E-state index in [0.717, 1.165) is 15.4 Å². The Morgan fingerprint density at radius 1 is 0.857 bits per heavy atom. The van der Waals surface area contributed by atoms with E-state index in [4.69, 9.17) is 11.5 Å². The minimum atomic E-state index is -3.53. The fourth-order valence-electron chi connectivity index (χ4n) is 2.91. The first kappa shape index (κ1) is 19.6. The molecule has 28 heavy (non-hydrogen) atoms. The smallest absolute Gasteiger partial charge is 0.250 e. The highest BCUT2D eigenvalue weighted by Gasteiger charge is 2.18. The highest BCUT2D eigenvalue weighted by atomic mass is 32.2. The maximum Gasteiger partial charge on any atom is 0.250 e. The van der Waals surface area contributed by atoms with Crippen molar-refractivity contribution in [1.29, 1.82) is 0 Å². The maximum absolute atomic E-state index is 12.3. The van der Waals surface area contributed by atoms with Gasteiger partial charge in [-0.3, -0.25) is 4.79 Å². The van der Waals surface area contributed by atoms with Gasteiger partial charge >= 0.3 is 0 Å². The highest BCUT2D eigenvalue weighted by molar-refractivity contribution is 7.89. The van der Waals surface area contributed by atoms with Gasteiger partial charge in [0, 0.05) is 19.7 Å². The Hall–Kier alpha value is -3.16. The van der Waals surface area contributed by atoms with Gasteiger partial charge in [0.25, 0.3) is 5.91 Å². The molecule has 0 atom stereocenters. The second kappa shape index (κ2) is 7.46. The number of rotatable bonds is 5. The second-order valence-electron chi connectivity index (χ2n) is 6.53. The zero-order valence-electron chi connectivity index (χ0n) is 15.6. The molecular formula is C21H21N3O3S. The van der Waals surface area contributed by atoms with Crippen LogP contribution in [0, 0.1) is 0 Å². The number of sulfonamides is 1. The summed E-state index contributed by atoms with van der Waals surface area (Å²) in [7, 11) is -0.579. The highest BCUT2D eigenvalue weighted by Crippen LogP contribution is 2.34. The molecule has 3 rings (SSSR count). The van der Waals surface area contributed by atoms with E-state index in [1.807, 2.05) is 36.4 Å². The van der Waals surface area contributed by atoms with E-state index in [9.17, 15) is 13.2 Å². The molecule has 0 fully saturated rings. The normalized spacial score (nSPS) is 11.5. The third kappa shape index (κ3) is 3.62. The van der Waals surface area contributed by atoms with E-state index in [1.54, 1.807) is 18.2 Å². The molecule has 0 saturated carbocycles. The van der Waals surface area contributed by atoms with Crippen molar-refractivity contribution < 1.29 is 13.2 Å². The van der Waals surface area contributed by atoms with Crippen LogP contribution in [-0.2, 0) is 10.0 Å². The molecule has 0 saturated heterocycles. The average molecular weight is 395 g/mol. The van der Waals surface area contributed by atoms with Gasteiger partial charge in [-0.1, -0.05) is 42.5 Å². The standard InChI is InChI=1S/C21H21N3O3S/c1-24(2)28(26,27)17-10-8-15(9-11-17)18-12-16(14-6-4-3-5-7-14)13-19(20(18)22)21(23)25/h3-13H,22H2,1-2H3,(H2,23,25). The van der Waals surface area contributed by atoms with Crippen LogP contribution in [0.25, 0.3) is 22.3 Å². The van der Waals surface area contributed by atoms with Crippen LogP contribution in [0.4, 0.5) is 5.69 Å². The van der Waals surface area contributed by atoms with Crippen molar-refractivity contribution in [3.05, 3.63) is 72.3 Å². The number of nitrogens with zero attached hydrogens (tertiary/aromatic N) is 1. The number of carbonyl (C=O) groups is 1. The molecule has 0 bridgehead atoms. The number of hydrogen-bond donors (Lipinski definition) is 2. The minimum absolute atomic E-state index is 0.175. The summed E-state index contributed by atoms with van der Waals surface area (Å²) in [5.41, 5.74) is 15.2. The summed E-state index contributed by atoms with van der Waals surface area (Å²) >= 11 is 0. The molecule has 0 aliphatic heterocycles. The fourth-order valence-corrected chi connectivity index (χ4v) is 3.81. The Balaban J connectivity index is 2.16.